The molecule has 4 nitrogen and oxygen atoms in total. The highest BCUT2D eigenvalue weighted by molar-refractivity contribution is 5.66. The van der Waals surface area contributed by atoms with E-state index in [1.54, 1.807) is 7.11 Å². The second kappa shape index (κ2) is 5.54. The summed E-state index contributed by atoms with van der Waals surface area (Å²) in [5.74, 6) is 2.76. The van der Waals surface area contributed by atoms with Gasteiger partial charge in [-0.1, -0.05) is 12.1 Å². The molecule has 1 spiro atoms. The largest absolute Gasteiger partial charge is 1.00 e. The summed E-state index contributed by atoms with van der Waals surface area (Å²) < 4.78 is 13.2. The van der Waals surface area contributed by atoms with Crippen molar-refractivity contribution in [2.45, 2.75) is 43.2 Å². The number of halogens is 1. The number of hydrogen-bond acceptors (Lipinski definition) is 3. The molecule has 1 aromatic rings. The number of piperidine rings is 1. The van der Waals surface area contributed by atoms with Gasteiger partial charge in [0.05, 0.1) is 32.7 Å². The Balaban J connectivity index is 0.00000160. The fourth-order valence-electron chi connectivity index (χ4n) is 6.30. The Kier molecular flexibility index (Phi) is 3.62. The Bertz CT molecular complexity index is 890. The minimum Gasteiger partial charge on any atom is -1.00 e. The van der Waals surface area contributed by atoms with Gasteiger partial charge in [0.1, 0.15) is 11.8 Å². The third-order valence-electron chi connectivity index (χ3n) is 7.70. The van der Waals surface area contributed by atoms with Crippen LogP contribution in [0.4, 0.5) is 0 Å². The first-order valence-corrected chi connectivity index (χ1v) is 9.89. The summed E-state index contributed by atoms with van der Waals surface area (Å²) in [4.78, 5) is 0. The summed E-state index contributed by atoms with van der Waals surface area (Å²) in [6.45, 7) is 2.47. The third-order valence-corrected chi connectivity index (χ3v) is 7.70. The average Bonchev–Trinajstić information content (AvgIpc) is 3.37. The van der Waals surface area contributed by atoms with E-state index >= 15 is 0 Å². The number of allylic oxidation sites excluding steroid dienone is 2. The van der Waals surface area contributed by atoms with Crippen LogP contribution in [-0.2, 0) is 16.6 Å². The van der Waals surface area contributed by atoms with Gasteiger partial charge in [-0.2, -0.15) is 0 Å². The van der Waals surface area contributed by atoms with Gasteiger partial charge in [-0.05, 0) is 30.5 Å². The maximum Gasteiger partial charge on any atom is 0.169 e. The van der Waals surface area contributed by atoms with Gasteiger partial charge < -0.3 is 36.0 Å². The molecular formula is C22H26BrNO3. The van der Waals surface area contributed by atoms with E-state index < -0.39 is 0 Å². The van der Waals surface area contributed by atoms with E-state index in [1.165, 1.54) is 42.6 Å². The van der Waals surface area contributed by atoms with Crippen LogP contribution in [0.15, 0.2) is 35.6 Å². The van der Waals surface area contributed by atoms with Crippen LogP contribution in [0, 0.1) is 5.92 Å². The highest BCUT2D eigenvalue weighted by Crippen LogP contribution is 2.63. The topological polar surface area (TPSA) is 38.7 Å². The molecule has 0 unspecified atom stereocenters. The van der Waals surface area contributed by atoms with Crippen molar-refractivity contribution < 1.29 is 36.0 Å². The zero-order chi connectivity index (χ0) is 17.7. The molecule has 0 aromatic heterocycles. The SMILES string of the molecule is COC1=CC=C2[C@H]3Cc4ccc(O)c5c4[C@@]2(CC[N@+]3(C)CC2CC2)[C@H]1O5.[Br-]. The first-order chi connectivity index (χ1) is 12.6. The number of phenols is 1. The highest BCUT2D eigenvalue weighted by atomic mass is 79.9. The molecule has 4 atom stereocenters. The molecule has 2 heterocycles. The molecule has 1 saturated carbocycles. The van der Waals surface area contributed by atoms with Crippen LogP contribution in [0.5, 0.6) is 11.5 Å². The van der Waals surface area contributed by atoms with Crippen LogP contribution >= 0.6 is 0 Å². The number of phenolic OH excluding ortho intramolecular Hbond substituents is 1. The fourth-order valence-corrected chi connectivity index (χ4v) is 6.30. The summed E-state index contributed by atoms with van der Waals surface area (Å²) in [5.41, 5.74) is 3.97. The quantitative estimate of drug-likeness (QED) is 0.687. The van der Waals surface area contributed by atoms with Crippen molar-refractivity contribution in [2.75, 3.05) is 27.2 Å². The lowest BCUT2D eigenvalue weighted by Crippen LogP contribution is -3.00. The molecule has 2 bridgehead atoms. The van der Waals surface area contributed by atoms with Crippen molar-refractivity contribution in [2.24, 2.45) is 5.92 Å². The molecule has 1 aromatic carbocycles. The number of nitrogens with zero attached hydrogens (tertiary/aromatic N) is 1. The van der Waals surface area contributed by atoms with Gasteiger partial charge in [0.2, 0.25) is 0 Å². The van der Waals surface area contributed by atoms with Crippen LogP contribution in [-0.4, -0.2) is 49.0 Å². The summed E-state index contributed by atoms with van der Waals surface area (Å²) in [6, 6.07) is 4.45. The molecular weight excluding hydrogens is 406 g/mol. The van der Waals surface area contributed by atoms with E-state index in [2.05, 4.69) is 25.3 Å². The van der Waals surface area contributed by atoms with Gasteiger partial charge >= 0.3 is 0 Å². The maximum absolute atomic E-state index is 10.5. The van der Waals surface area contributed by atoms with E-state index in [-0.39, 0.29) is 34.2 Å². The van der Waals surface area contributed by atoms with E-state index in [0.717, 1.165) is 29.0 Å². The Morgan fingerprint density at radius 2 is 2.11 bits per heavy atom. The number of methoxy groups -OCH3 is 1. The van der Waals surface area contributed by atoms with Gasteiger partial charge in [0, 0.05) is 29.9 Å². The summed E-state index contributed by atoms with van der Waals surface area (Å²) in [5, 5.41) is 10.5. The number of likely N-dealkylation sites (N-methyl/N-ethyl adjacent to an activating group) is 1. The summed E-state index contributed by atoms with van der Waals surface area (Å²) in [6.07, 6.45) is 9.20. The van der Waals surface area contributed by atoms with Crippen LogP contribution in [0.1, 0.15) is 30.4 Å². The minimum absolute atomic E-state index is 0. The summed E-state index contributed by atoms with van der Waals surface area (Å²) >= 11 is 0. The summed E-state index contributed by atoms with van der Waals surface area (Å²) in [7, 11) is 4.19. The highest BCUT2D eigenvalue weighted by Gasteiger charge is 2.66. The van der Waals surface area contributed by atoms with Gasteiger partial charge in [0.25, 0.3) is 0 Å². The first-order valence-electron chi connectivity index (χ1n) is 9.89. The smallest absolute Gasteiger partial charge is 0.169 e. The minimum atomic E-state index is -0.145. The Labute approximate surface area is 170 Å². The number of hydrogen-bond donors (Lipinski definition) is 1. The van der Waals surface area contributed by atoms with Crippen molar-refractivity contribution in [1.29, 1.82) is 0 Å². The Morgan fingerprint density at radius 1 is 1.30 bits per heavy atom. The molecule has 1 N–H and O–H groups in total. The second-order valence-corrected chi connectivity index (χ2v) is 9.11. The van der Waals surface area contributed by atoms with Crippen LogP contribution in [0.25, 0.3) is 0 Å². The molecule has 27 heavy (non-hydrogen) atoms. The standard InChI is InChI=1S/C22H25NO3.BrH/c1-23(12-13-3-4-13)10-9-22-15-6-8-18(25-2)21(22)26-20-17(24)7-5-14(19(20)22)11-16(15)23;/h5-8,13,16,21H,3-4,9-12H2,1-2H3;1H/t16-,21+,22+,23-;/m1./s1. The molecule has 0 radical (unpaired) electrons. The Morgan fingerprint density at radius 3 is 2.85 bits per heavy atom. The molecule has 2 aliphatic heterocycles. The zero-order valence-corrected chi connectivity index (χ0v) is 17.5. The molecule has 5 heteroatoms. The number of rotatable bonds is 3. The van der Waals surface area contributed by atoms with Crippen molar-refractivity contribution in [3.63, 3.8) is 0 Å². The van der Waals surface area contributed by atoms with E-state index in [0.29, 0.717) is 11.8 Å². The fraction of sp³-hybridized carbons (Fsp3) is 0.545. The molecule has 5 aliphatic rings. The maximum atomic E-state index is 10.5. The normalized spacial score (nSPS) is 37.4. The predicted octanol–water partition coefficient (Wildman–Crippen LogP) is 0.0503. The predicted molar refractivity (Wildman–Crippen MR) is 98.1 cm³/mol. The monoisotopic (exact) mass is 431 g/mol. The first kappa shape index (κ1) is 17.6. The van der Waals surface area contributed by atoms with E-state index in [9.17, 15) is 5.11 Å². The molecule has 6 rings (SSSR count). The molecule has 3 aliphatic carbocycles. The lowest BCUT2D eigenvalue weighted by Gasteiger charge is -2.57. The number of quaternary nitrogens is 1. The van der Waals surface area contributed by atoms with Gasteiger partial charge in [-0.15, -0.1) is 0 Å². The van der Waals surface area contributed by atoms with E-state index in [1.807, 2.05) is 6.07 Å². The third kappa shape index (κ3) is 2.07. The van der Waals surface area contributed by atoms with Crippen molar-refractivity contribution >= 4 is 0 Å². The number of aromatic hydroxyl groups is 1. The van der Waals surface area contributed by atoms with Crippen molar-refractivity contribution in [3.8, 4) is 11.5 Å². The molecule has 0 amide bonds. The number of likely N-dealkylation sites (tertiary alicyclic amines) is 1. The lowest BCUT2D eigenvalue weighted by atomic mass is 9.56. The lowest BCUT2D eigenvalue weighted by molar-refractivity contribution is -0.935. The van der Waals surface area contributed by atoms with Crippen LogP contribution in [0.3, 0.4) is 0 Å². The molecule has 1 saturated heterocycles. The van der Waals surface area contributed by atoms with Crippen LogP contribution in [0.2, 0.25) is 0 Å². The van der Waals surface area contributed by atoms with Crippen molar-refractivity contribution in [1.82, 2.24) is 0 Å². The zero-order valence-electron chi connectivity index (χ0n) is 15.9. The molecule has 144 valence electrons. The van der Waals surface area contributed by atoms with Gasteiger partial charge in [0.15, 0.2) is 17.6 Å². The van der Waals surface area contributed by atoms with E-state index in [4.69, 9.17) is 9.47 Å². The number of benzene rings is 1. The van der Waals surface area contributed by atoms with Gasteiger partial charge in [-0.3, -0.25) is 0 Å². The molecule has 2 fully saturated rings. The Hall–Kier alpha value is -1.46. The van der Waals surface area contributed by atoms with Crippen molar-refractivity contribution in [3.05, 3.63) is 46.7 Å². The van der Waals surface area contributed by atoms with Crippen LogP contribution < -0.4 is 21.7 Å². The van der Waals surface area contributed by atoms with Gasteiger partial charge in [-0.25, -0.2) is 0 Å². The number of ether oxygens (including phenoxy) is 2. The average molecular weight is 432 g/mol. The second-order valence-electron chi connectivity index (χ2n) is 9.11.